The van der Waals surface area contributed by atoms with Crippen LogP contribution in [0.4, 0.5) is 0 Å². The van der Waals surface area contributed by atoms with Crippen molar-refractivity contribution in [2.24, 2.45) is 0 Å². The molecular weight excluding hydrogens is 250 g/mol. The van der Waals surface area contributed by atoms with E-state index in [9.17, 15) is 9.13 Å². The van der Waals surface area contributed by atoms with Gasteiger partial charge >= 0.3 is 15.4 Å². The average molecular weight is 262 g/mol. The zero-order valence-electron chi connectivity index (χ0n) is 7.59. The van der Waals surface area contributed by atoms with Gasteiger partial charge in [-0.2, -0.15) is 0 Å². The molecule has 0 spiro atoms. The second-order valence-electron chi connectivity index (χ2n) is 2.57. The number of phosphoric acid groups is 1. The van der Waals surface area contributed by atoms with E-state index in [1.54, 1.807) is 0 Å². The summed E-state index contributed by atoms with van der Waals surface area (Å²) in [6, 6.07) is 0. The predicted molar refractivity (Wildman–Crippen MR) is 50.0 cm³/mol. The molecule has 10 heteroatoms. The van der Waals surface area contributed by atoms with E-state index in [4.69, 9.17) is 19.6 Å². The van der Waals surface area contributed by atoms with Crippen molar-refractivity contribution in [2.75, 3.05) is 12.8 Å². The SMILES string of the molecule is C=COCC(CP(=O)(O)O)OP(=O)(O)O. The summed E-state index contributed by atoms with van der Waals surface area (Å²) in [5, 5.41) is 0. The van der Waals surface area contributed by atoms with E-state index in [0.717, 1.165) is 6.26 Å². The first-order chi connectivity index (χ1) is 6.64. The fourth-order valence-electron chi connectivity index (χ4n) is 0.751. The zero-order chi connectivity index (χ0) is 12.1. The predicted octanol–water partition coefficient (Wildman–Crippen LogP) is -0.198. The van der Waals surface area contributed by atoms with Crippen LogP contribution in [0.5, 0.6) is 0 Å². The second-order valence-corrected chi connectivity index (χ2v) is 5.45. The summed E-state index contributed by atoms with van der Waals surface area (Å²) in [7, 11) is -9.24. The topological polar surface area (TPSA) is 134 Å². The van der Waals surface area contributed by atoms with Gasteiger partial charge in [0.15, 0.2) is 0 Å². The summed E-state index contributed by atoms with van der Waals surface area (Å²) in [6.45, 7) is 2.76. The Morgan fingerprint density at radius 2 is 1.80 bits per heavy atom. The van der Waals surface area contributed by atoms with Crippen LogP contribution in [0.3, 0.4) is 0 Å². The molecule has 15 heavy (non-hydrogen) atoms. The van der Waals surface area contributed by atoms with Crippen molar-refractivity contribution in [3.05, 3.63) is 12.8 Å². The van der Waals surface area contributed by atoms with Crippen molar-refractivity contribution in [2.45, 2.75) is 6.10 Å². The highest BCUT2D eigenvalue weighted by atomic mass is 31.2. The lowest BCUT2D eigenvalue weighted by atomic mass is 10.4. The standard InChI is InChI=1S/C5H12O8P2/c1-2-12-3-5(4-14(6,7)8)13-15(9,10)11/h2,5H,1,3-4H2,(H2,6,7,8)(H2,9,10,11). The molecule has 0 aliphatic carbocycles. The Labute approximate surface area is 85.9 Å². The molecule has 1 atom stereocenters. The first kappa shape index (κ1) is 14.8. The molecule has 0 fully saturated rings. The lowest BCUT2D eigenvalue weighted by Gasteiger charge is -2.17. The Hall–Kier alpha value is -0.200. The zero-order valence-corrected chi connectivity index (χ0v) is 9.38. The molecule has 0 aromatic carbocycles. The maximum atomic E-state index is 10.6. The minimum absolute atomic E-state index is 0.403. The molecular formula is C5H12O8P2. The summed E-state index contributed by atoms with van der Waals surface area (Å²) in [4.78, 5) is 34.0. The highest BCUT2D eigenvalue weighted by Crippen LogP contribution is 2.42. The van der Waals surface area contributed by atoms with Gasteiger partial charge in [-0.1, -0.05) is 6.58 Å². The number of hydrogen-bond donors (Lipinski definition) is 4. The van der Waals surface area contributed by atoms with E-state index in [2.05, 4.69) is 15.8 Å². The van der Waals surface area contributed by atoms with Crippen molar-refractivity contribution < 1.29 is 38.0 Å². The Balaban J connectivity index is 4.38. The second kappa shape index (κ2) is 5.77. The maximum absolute atomic E-state index is 10.6. The molecule has 8 nitrogen and oxygen atoms in total. The molecule has 0 saturated heterocycles. The molecule has 0 aliphatic heterocycles. The number of rotatable bonds is 7. The van der Waals surface area contributed by atoms with Gasteiger partial charge in [-0.05, 0) is 0 Å². The Morgan fingerprint density at radius 3 is 2.13 bits per heavy atom. The van der Waals surface area contributed by atoms with E-state index >= 15 is 0 Å². The molecule has 0 amide bonds. The highest BCUT2D eigenvalue weighted by Gasteiger charge is 2.29. The fraction of sp³-hybridized carbons (Fsp3) is 0.600. The van der Waals surface area contributed by atoms with Crippen LogP contribution in [0.15, 0.2) is 12.8 Å². The molecule has 0 aromatic heterocycles. The fourth-order valence-corrected chi connectivity index (χ4v) is 2.10. The monoisotopic (exact) mass is 262 g/mol. The lowest BCUT2D eigenvalue weighted by molar-refractivity contribution is 0.0827. The van der Waals surface area contributed by atoms with E-state index < -0.39 is 34.3 Å². The van der Waals surface area contributed by atoms with E-state index in [-0.39, 0.29) is 0 Å². The van der Waals surface area contributed by atoms with Crippen LogP contribution in [-0.4, -0.2) is 38.4 Å². The van der Waals surface area contributed by atoms with Gasteiger partial charge in [-0.15, -0.1) is 0 Å². The van der Waals surface area contributed by atoms with Crippen LogP contribution in [0.25, 0.3) is 0 Å². The highest BCUT2D eigenvalue weighted by molar-refractivity contribution is 7.51. The smallest absolute Gasteiger partial charge is 0.469 e. The lowest BCUT2D eigenvalue weighted by Crippen LogP contribution is -2.22. The third-order valence-electron chi connectivity index (χ3n) is 1.13. The van der Waals surface area contributed by atoms with Gasteiger partial charge in [-0.25, -0.2) is 4.57 Å². The van der Waals surface area contributed by atoms with Crippen molar-refractivity contribution in [3.8, 4) is 0 Å². The maximum Gasteiger partial charge on any atom is 0.469 e. The minimum Gasteiger partial charge on any atom is -0.499 e. The van der Waals surface area contributed by atoms with Gasteiger partial charge in [0.2, 0.25) is 0 Å². The van der Waals surface area contributed by atoms with Crippen LogP contribution < -0.4 is 0 Å². The van der Waals surface area contributed by atoms with Crippen LogP contribution in [0.2, 0.25) is 0 Å². The molecule has 0 saturated carbocycles. The van der Waals surface area contributed by atoms with Crippen molar-refractivity contribution in [1.82, 2.24) is 0 Å². The third-order valence-corrected chi connectivity index (χ3v) is 2.58. The molecule has 0 aromatic rings. The largest absolute Gasteiger partial charge is 0.499 e. The van der Waals surface area contributed by atoms with Gasteiger partial charge in [0.25, 0.3) is 0 Å². The van der Waals surface area contributed by atoms with Crippen molar-refractivity contribution in [1.29, 1.82) is 0 Å². The number of phosphoric ester groups is 1. The van der Waals surface area contributed by atoms with Crippen molar-refractivity contribution in [3.63, 3.8) is 0 Å². The molecule has 1 unspecified atom stereocenters. The molecule has 0 heterocycles. The average Bonchev–Trinajstić information content (AvgIpc) is 1.94. The van der Waals surface area contributed by atoms with Gasteiger partial charge in [0.05, 0.1) is 12.4 Å². The molecule has 0 rings (SSSR count). The molecule has 0 radical (unpaired) electrons. The van der Waals surface area contributed by atoms with E-state index in [0.29, 0.717) is 0 Å². The van der Waals surface area contributed by atoms with Crippen LogP contribution >= 0.6 is 15.4 Å². The van der Waals surface area contributed by atoms with Gasteiger partial charge in [-0.3, -0.25) is 9.09 Å². The molecule has 90 valence electrons. The quantitative estimate of drug-likeness (QED) is 0.366. The van der Waals surface area contributed by atoms with Crippen LogP contribution in [0.1, 0.15) is 0 Å². The Morgan fingerprint density at radius 1 is 1.27 bits per heavy atom. The minimum atomic E-state index is -4.81. The van der Waals surface area contributed by atoms with Crippen LogP contribution in [0, 0.1) is 0 Å². The summed E-state index contributed by atoms with van der Waals surface area (Å²) in [5.74, 6) is 0. The van der Waals surface area contributed by atoms with Crippen LogP contribution in [-0.2, 0) is 18.4 Å². The first-order valence-electron chi connectivity index (χ1n) is 3.65. The number of hydrogen-bond acceptors (Lipinski definition) is 4. The normalized spacial score (nSPS) is 14.7. The Kier molecular flexibility index (Phi) is 5.69. The molecule has 0 bridgehead atoms. The van der Waals surface area contributed by atoms with Gasteiger partial charge in [0.1, 0.15) is 12.7 Å². The summed E-state index contributed by atoms with van der Waals surface area (Å²) >= 11 is 0. The summed E-state index contributed by atoms with van der Waals surface area (Å²) in [6.07, 6.45) is -1.27. The molecule has 4 N–H and O–H groups in total. The summed E-state index contributed by atoms with van der Waals surface area (Å²) < 4.78 is 29.7. The van der Waals surface area contributed by atoms with Gasteiger partial charge in [0, 0.05) is 0 Å². The third kappa shape index (κ3) is 10.1. The first-order valence-corrected chi connectivity index (χ1v) is 6.98. The van der Waals surface area contributed by atoms with Crippen molar-refractivity contribution >= 4 is 15.4 Å². The van der Waals surface area contributed by atoms with E-state index in [1.165, 1.54) is 0 Å². The van der Waals surface area contributed by atoms with E-state index in [1.807, 2.05) is 0 Å². The Bertz CT molecular complexity index is 265. The van der Waals surface area contributed by atoms with Gasteiger partial charge < -0.3 is 24.3 Å². The molecule has 0 aliphatic rings. The number of ether oxygens (including phenoxy) is 1. The summed E-state index contributed by atoms with van der Waals surface area (Å²) in [5.41, 5.74) is 0.